The highest BCUT2D eigenvalue weighted by atomic mass is 35.5. The van der Waals surface area contributed by atoms with Crippen LogP contribution < -0.4 is 15.9 Å². The number of nitrogens with zero attached hydrogens (tertiary/aromatic N) is 1. The fourth-order valence-electron chi connectivity index (χ4n) is 2.63. The van der Waals surface area contributed by atoms with Crippen molar-refractivity contribution in [3.05, 3.63) is 68.3 Å². The molecule has 0 spiro atoms. The van der Waals surface area contributed by atoms with Gasteiger partial charge in [-0.25, -0.2) is 9.78 Å². The van der Waals surface area contributed by atoms with Gasteiger partial charge in [0.15, 0.2) is 0 Å². The first-order chi connectivity index (χ1) is 12.0. The average Bonchev–Trinajstić information content (AvgIpc) is 2.61. The Bertz CT molecular complexity index is 1240. The molecule has 2 aromatic heterocycles. The fraction of sp³-hybridized carbons (Fsp3) is 0.0556. The summed E-state index contributed by atoms with van der Waals surface area (Å²) in [6.45, 7) is 0. The lowest BCUT2D eigenvalue weighted by atomic mass is 10.1. The van der Waals surface area contributed by atoms with Crippen molar-refractivity contribution in [1.82, 2.24) is 9.97 Å². The van der Waals surface area contributed by atoms with E-state index in [0.717, 1.165) is 0 Å². The highest BCUT2D eigenvalue weighted by molar-refractivity contribution is 6.31. The van der Waals surface area contributed by atoms with Crippen molar-refractivity contribution in [1.29, 1.82) is 0 Å². The van der Waals surface area contributed by atoms with E-state index in [9.17, 15) is 9.59 Å². The molecule has 0 saturated carbocycles. The minimum atomic E-state index is -0.589. The summed E-state index contributed by atoms with van der Waals surface area (Å²) in [6, 6.07) is 11.5. The highest BCUT2D eigenvalue weighted by Gasteiger charge is 2.13. The maximum absolute atomic E-state index is 12.3. The van der Waals surface area contributed by atoms with Crippen molar-refractivity contribution < 1.29 is 9.15 Å². The Morgan fingerprint density at radius 1 is 1.12 bits per heavy atom. The number of halogens is 1. The van der Waals surface area contributed by atoms with Gasteiger partial charge in [0.05, 0.1) is 18.0 Å². The summed E-state index contributed by atoms with van der Waals surface area (Å²) in [5.41, 5.74) is 0.0502. The number of aromatic amines is 1. The first kappa shape index (κ1) is 15.4. The van der Waals surface area contributed by atoms with Crippen LogP contribution in [0.4, 0.5) is 0 Å². The van der Waals surface area contributed by atoms with Gasteiger partial charge in [0.25, 0.3) is 5.56 Å². The lowest BCUT2D eigenvalue weighted by Crippen LogP contribution is -2.13. The number of benzene rings is 2. The zero-order valence-electron chi connectivity index (χ0n) is 13.0. The van der Waals surface area contributed by atoms with E-state index in [-0.39, 0.29) is 16.9 Å². The number of nitrogens with one attached hydrogen (secondary N) is 1. The van der Waals surface area contributed by atoms with Crippen LogP contribution in [0.25, 0.3) is 33.3 Å². The summed E-state index contributed by atoms with van der Waals surface area (Å²) in [6.07, 6.45) is 0. The van der Waals surface area contributed by atoms with Crippen LogP contribution in [0.3, 0.4) is 0 Å². The Hall–Kier alpha value is -3.12. The van der Waals surface area contributed by atoms with Crippen LogP contribution >= 0.6 is 11.6 Å². The molecule has 4 rings (SSSR count). The van der Waals surface area contributed by atoms with Gasteiger partial charge in [0.1, 0.15) is 22.7 Å². The molecule has 0 aliphatic heterocycles. The molecule has 0 fully saturated rings. The van der Waals surface area contributed by atoms with E-state index in [4.69, 9.17) is 20.8 Å². The quantitative estimate of drug-likeness (QED) is 0.558. The third-order valence-corrected chi connectivity index (χ3v) is 4.10. The average molecular weight is 355 g/mol. The zero-order chi connectivity index (χ0) is 17.6. The van der Waals surface area contributed by atoms with Crippen molar-refractivity contribution in [2.75, 3.05) is 7.11 Å². The highest BCUT2D eigenvalue weighted by Crippen LogP contribution is 2.23. The van der Waals surface area contributed by atoms with Gasteiger partial charge in [0.2, 0.25) is 0 Å². The van der Waals surface area contributed by atoms with Crippen molar-refractivity contribution in [3.63, 3.8) is 0 Å². The van der Waals surface area contributed by atoms with E-state index in [2.05, 4.69) is 9.97 Å². The summed E-state index contributed by atoms with van der Waals surface area (Å²) >= 11 is 5.91. The molecule has 0 unspecified atom stereocenters. The van der Waals surface area contributed by atoms with Gasteiger partial charge in [-0.1, -0.05) is 11.6 Å². The van der Waals surface area contributed by atoms with Crippen molar-refractivity contribution in [3.8, 4) is 17.1 Å². The van der Waals surface area contributed by atoms with Gasteiger partial charge in [-0.2, -0.15) is 0 Å². The third-order valence-electron chi connectivity index (χ3n) is 3.86. The molecule has 7 heteroatoms. The minimum absolute atomic E-state index is 0.137. The zero-order valence-corrected chi connectivity index (χ0v) is 13.8. The second-order valence-electron chi connectivity index (χ2n) is 5.43. The van der Waals surface area contributed by atoms with Crippen LogP contribution in [-0.2, 0) is 0 Å². The number of ether oxygens (including phenoxy) is 1. The normalized spacial score (nSPS) is 11.1. The lowest BCUT2D eigenvalue weighted by molar-refractivity contribution is 0.415. The molecule has 2 aromatic carbocycles. The summed E-state index contributed by atoms with van der Waals surface area (Å²) in [5.74, 6) is 0.764. The van der Waals surface area contributed by atoms with Crippen LogP contribution in [0.1, 0.15) is 0 Å². The predicted octanol–water partition coefficient (Wildman–Crippen LogP) is 3.36. The van der Waals surface area contributed by atoms with Gasteiger partial charge >= 0.3 is 5.63 Å². The van der Waals surface area contributed by atoms with E-state index >= 15 is 0 Å². The van der Waals surface area contributed by atoms with Crippen LogP contribution in [0, 0.1) is 0 Å². The summed E-state index contributed by atoms with van der Waals surface area (Å²) in [5, 5.41) is 1.45. The summed E-state index contributed by atoms with van der Waals surface area (Å²) in [4.78, 5) is 31.6. The van der Waals surface area contributed by atoms with Crippen molar-refractivity contribution in [2.24, 2.45) is 0 Å². The standard InChI is InChI=1S/C18H11ClN2O4/c1-24-11-3-5-15-9(6-11)7-13(18(23)25-15)16-20-14-4-2-10(19)8-12(14)17(22)21-16/h2-8H,1H3,(H,20,21,22). The Kier molecular flexibility index (Phi) is 3.54. The number of hydrogen-bond acceptors (Lipinski definition) is 5. The Labute approximate surface area is 145 Å². The number of methoxy groups -OCH3 is 1. The van der Waals surface area contributed by atoms with Crippen molar-refractivity contribution >= 4 is 33.5 Å². The number of H-pyrrole nitrogens is 1. The second-order valence-corrected chi connectivity index (χ2v) is 5.86. The Balaban J connectivity index is 1.99. The molecular formula is C18H11ClN2O4. The molecular weight excluding hydrogens is 344 g/mol. The van der Waals surface area contributed by atoms with E-state index in [0.29, 0.717) is 32.6 Å². The maximum Gasteiger partial charge on any atom is 0.347 e. The van der Waals surface area contributed by atoms with E-state index in [1.54, 1.807) is 43.5 Å². The molecule has 0 atom stereocenters. The fourth-order valence-corrected chi connectivity index (χ4v) is 2.80. The first-order valence-electron chi connectivity index (χ1n) is 7.37. The largest absolute Gasteiger partial charge is 0.497 e. The molecule has 124 valence electrons. The van der Waals surface area contributed by atoms with Crippen LogP contribution in [0.15, 0.2) is 56.5 Å². The molecule has 2 heterocycles. The van der Waals surface area contributed by atoms with Crippen LogP contribution in [-0.4, -0.2) is 17.1 Å². The van der Waals surface area contributed by atoms with E-state index in [1.807, 2.05) is 0 Å². The van der Waals surface area contributed by atoms with E-state index in [1.165, 1.54) is 6.07 Å². The minimum Gasteiger partial charge on any atom is -0.497 e. The lowest BCUT2D eigenvalue weighted by Gasteiger charge is -2.05. The van der Waals surface area contributed by atoms with Gasteiger partial charge in [-0.3, -0.25) is 4.79 Å². The molecule has 0 saturated heterocycles. The predicted molar refractivity (Wildman–Crippen MR) is 95.4 cm³/mol. The smallest absolute Gasteiger partial charge is 0.347 e. The Morgan fingerprint density at radius 3 is 2.76 bits per heavy atom. The second kappa shape index (κ2) is 5.75. The molecule has 0 bridgehead atoms. The molecule has 4 aromatic rings. The van der Waals surface area contributed by atoms with Crippen LogP contribution in [0.2, 0.25) is 5.02 Å². The molecule has 25 heavy (non-hydrogen) atoms. The molecule has 0 aliphatic rings. The van der Waals surface area contributed by atoms with Gasteiger partial charge < -0.3 is 14.1 Å². The molecule has 0 aliphatic carbocycles. The SMILES string of the molecule is COc1ccc2oc(=O)c(-c3nc4ccc(Cl)cc4c(=O)[nH]3)cc2c1. The number of aromatic nitrogens is 2. The third kappa shape index (κ3) is 2.66. The van der Waals surface area contributed by atoms with Gasteiger partial charge in [-0.05, 0) is 42.5 Å². The number of rotatable bonds is 2. The molecule has 6 nitrogen and oxygen atoms in total. The maximum atomic E-state index is 12.3. The monoisotopic (exact) mass is 354 g/mol. The number of hydrogen-bond donors (Lipinski definition) is 1. The summed E-state index contributed by atoms with van der Waals surface area (Å²) < 4.78 is 10.5. The van der Waals surface area contributed by atoms with Gasteiger partial charge in [0, 0.05) is 10.4 Å². The topological polar surface area (TPSA) is 85.2 Å². The Morgan fingerprint density at radius 2 is 1.96 bits per heavy atom. The molecule has 0 radical (unpaired) electrons. The summed E-state index contributed by atoms with van der Waals surface area (Å²) in [7, 11) is 1.55. The van der Waals surface area contributed by atoms with Gasteiger partial charge in [-0.15, -0.1) is 0 Å². The van der Waals surface area contributed by atoms with Crippen molar-refractivity contribution in [2.45, 2.75) is 0 Å². The van der Waals surface area contributed by atoms with E-state index < -0.39 is 5.63 Å². The van der Waals surface area contributed by atoms with Crippen LogP contribution in [0.5, 0.6) is 5.75 Å². The first-order valence-corrected chi connectivity index (χ1v) is 7.75. The number of fused-ring (bicyclic) bond motifs is 2. The molecule has 0 amide bonds. The molecule has 1 N–H and O–H groups in total.